The van der Waals surface area contributed by atoms with E-state index in [9.17, 15) is 5.11 Å². The van der Waals surface area contributed by atoms with Gasteiger partial charge >= 0.3 is 0 Å². The number of hydrogen-bond acceptors (Lipinski definition) is 2. The minimum absolute atomic E-state index is 0.0989. The van der Waals surface area contributed by atoms with Gasteiger partial charge in [0.1, 0.15) is 0 Å². The van der Waals surface area contributed by atoms with Crippen LogP contribution < -0.4 is 0 Å². The summed E-state index contributed by atoms with van der Waals surface area (Å²) in [6, 6.07) is 10.1. The van der Waals surface area contributed by atoms with Gasteiger partial charge in [-0.25, -0.2) is 0 Å². The molecule has 0 aromatic heterocycles. The molecule has 1 saturated heterocycles. The maximum absolute atomic E-state index is 10.9. The van der Waals surface area contributed by atoms with Crippen molar-refractivity contribution in [2.24, 2.45) is 5.92 Å². The molecular weight excluding hydrogens is 224 g/mol. The highest BCUT2D eigenvalue weighted by Crippen LogP contribution is 2.48. The second kappa shape index (κ2) is 4.36. The Bertz CT molecular complexity index is 406. The van der Waals surface area contributed by atoms with Crippen molar-refractivity contribution in [3.8, 4) is 0 Å². The topological polar surface area (TPSA) is 29.5 Å². The Balaban J connectivity index is 1.80. The van der Waals surface area contributed by atoms with Gasteiger partial charge in [0.05, 0.1) is 11.2 Å². The first kappa shape index (κ1) is 12.2. The SMILES string of the molecule is CC(O)(c1ccccc1)C1CCOC2(CCC2)C1. The van der Waals surface area contributed by atoms with Crippen LogP contribution in [0.2, 0.25) is 0 Å². The van der Waals surface area contributed by atoms with Gasteiger partial charge in [0.15, 0.2) is 0 Å². The number of hydrogen-bond donors (Lipinski definition) is 1. The van der Waals surface area contributed by atoms with Crippen molar-refractivity contribution in [1.82, 2.24) is 0 Å². The van der Waals surface area contributed by atoms with E-state index in [4.69, 9.17) is 4.74 Å². The zero-order valence-electron chi connectivity index (χ0n) is 11.1. The van der Waals surface area contributed by atoms with Gasteiger partial charge < -0.3 is 9.84 Å². The van der Waals surface area contributed by atoms with Crippen LogP contribution >= 0.6 is 0 Å². The number of ether oxygens (including phenoxy) is 1. The molecule has 0 bridgehead atoms. The quantitative estimate of drug-likeness (QED) is 0.868. The third-order valence-electron chi connectivity index (χ3n) is 4.91. The summed E-state index contributed by atoms with van der Waals surface area (Å²) in [7, 11) is 0. The Hall–Kier alpha value is -0.860. The fourth-order valence-electron chi connectivity index (χ4n) is 3.44. The second-order valence-electron chi connectivity index (χ2n) is 6.09. The summed E-state index contributed by atoms with van der Waals surface area (Å²) >= 11 is 0. The molecule has 2 unspecified atom stereocenters. The summed E-state index contributed by atoms with van der Waals surface area (Å²) in [5.41, 5.74) is 0.404. The van der Waals surface area contributed by atoms with Crippen molar-refractivity contribution in [3.05, 3.63) is 35.9 Å². The van der Waals surface area contributed by atoms with Crippen LogP contribution in [0.1, 0.15) is 44.6 Å². The van der Waals surface area contributed by atoms with Crippen molar-refractivity contribution < 1.29 is 9.84 Å². The molecule has 1 heterocycles. The summed E-state index contributed by atoms with van der Waals surface area (Å²) in [5, 5.41) is 10.9. The third-order valence-corrected chi connectivity index (χ3v) is 4.91. The highest BCUT2D eigenvalue weighted by Gasteiger charge is 2.47. The summed E-state index contributed by atoms with van der Waals surface area (Å²) in [6.07, 6.45) is 5.60. The summed E-state index contributed by atoms with van der Waals surface area (Å²) < 4.78 is 5.95. The summed E-state index contributed by atoms with van der Waals surface area (Å²) in [4.78, 5) is 0. The minimum Gasteiger partial charge on any atom is -0.385 e. The van der Waals surface area contributed by atoms with Gasteiger partial charge in [-0.1, -0.05) is 30.3 Å². The molecule has 2 atom stereocenters. The average Bonchev–Trinajstić information content (AvgIpc) is 2.38. The molecule has 2 heteroatoms. The zero-order valence-corrected chi connectivity index (χ0v) is 11.1. The van der Waals surface area contributed by atoms with Crippen molar-refractivity contribution >= 4 is 0 Å². The lowest BCUT2D eigenvalue weighted by Crippen LogP contribution is -2.49. The molecule has 1 aliphatic heterocycles. The molecule has 1 spiro atoms. The third kappa shape index (κ3) is 1.98. The van der Waals surface area contributed by atoms with Crippen LogP contribution in [-0.2, 0) is 10.3 Å². The van der Waals surface area contributed by atoms with E-state index in [1.54, 1.807) is 0 Å². The molecule has 18 heavy (non-hydrogen) atoms. The molecule has 2 aliphatic rings. The molecule has 0 radical (unpaired) electrons. The smallest absolute Gasteiger partial charge is 0.0898 e. The van der Waals surface area contributed by atoms with E-state index in [0.717, 1.165) is 25.0 Å². The van der Waals surface area contributed by atoms with Gasteiger partial charge in [0.25, 0.3) is 0 Å². The van der Waals surface area contributed by atoms with Gasteiger partial charge in [-0.3, -0.25) is 0 Å². The highest BCUT2D eigenvalue weighted by molar-refractivity contribution is 5.23. The van der Waals surface area contributed by atoms with Crippen LogP contribution in [0.5, 0.6) is 0 Å². The largest absolute Gasteiger partial charge is 0.385 e. The molecule has 1 aromatic rings. The number of rotatable bonds is 2. The molecular formula is C16H22O2. The monoisotopic (exact) mass is 246 g/mol. The van der Waals surface area contributed by atoms with E-state index in [-0.39, 0.29) is 5.60 Å². The van der Waals surface area contributed by atoms with Crippen molar-refractivity contribution in [2.45, 2.75) is 50.2 Å². The van der Waals surface area contributed by atoms with E-state index < -0.39 is 5.60 Å². The standard InChI is InChI=1S/C16H22O2/c1-15(17,13-6-3-2-4-7-13)14-8-11-18-16(12-14)9-5-10-16/h2-4,6-7,14,17H,5,8-12H2,1H3. The Morgan fingerprint density at radius 1 is 1.28 bits per heavy atom. The maximum Gasteiger partial charge on any atom is 0.0898 e. The fourth-order valence-corrected chi connectivity index (χ4v) is 3.44. The van der Waals surface area contributed by atoms with Gasteiger partial charge in [0.2, 0.25) is 0 Å². The molecule has 2 nitrogen and oxygen atoms in total. The number of aliphatic hydroxyl groups is 1. The summed E-state index contributed by atoms with van der Waals surface area (Å²) in [6.45, 7) is 2.76. The van der Waals surface area contributed by atoms with E-state index in [1.807, 2.05) is 37.3 Å². The van der Waals surface area contributed by atoms with Crippen LogP contribution in [0.25, 0.3) is 0 Å². The van der Waals surface area contributed by atoms with Crippen LogP contribution in [0.15, 0.2) is 30.3 Å². The van der Waals surface area contributed by atoms with Crippen LogP contribution in [0.4, 0.5) is 0 Å². The molecule has 1 aromatic carbocycles. The summed E-state index contributed by atoms with van der Waals surface area (Å²) in [5.74, 6) is 0.314. The van der Waals surface area contributed by atoms with Gasteiger partial charge in [0, 0.05) is 6.61 Å². The predicted octanol–water partition coefficient (Wildman–Crippen LogP) is 3.24. The lowest BCUT2D eigenvalue weighted by atomic mass is 9.67. The zero-order chi connectivity index (χ0) is 12.6. The first-order valence-corrected chi connectivity index (χ1v) is 7.04. The lowest BCUT2D eigenvalue weighted by Gasteiger charge is -2.50. The average molecular weight is 246 g/mol. The normalized spacial score (nSPS) is 29.6. The molecule has 1 saturated carbocycles. The Kier molecular flexibility index (Phi) is 2.95. The maximum atomic E-state index is 10.9. The van der Waals surface area contributed by atoms with E-state index in [0.29, 0.717) is 5.92 Å². The molecule has 1 aliphatic carbocycles. The fraction of sp³-hybridized carbons (Fsp3) is 0.625. The molecule has 2 fully saturated rings. The van der Waals surface area contributed by atoms with Gasteiger partial charge in [-0.2, -0.15) is 0 Å². The van der Waals surface area contributed by atoms with Gasteiger partial charge in [-0.05, 0) is 50.5 Å². The van der Waals surface area contributed by atoms with E-state index in [2.05, 4.69) is 0 Å². The number of benzene rings is 1. The van der Waals surface area contributed by atoms with E-state index in [1.165, 1.54) is 19.3 Å². The first-order valence-electron chi connectivity index (χ1n) is 7.04. The highest BCUT2D eigenvalue weighted by atomic mass is 16.5. The van der Waals surface area contributed by atoms with Crippen molar-refractivity contribution in [2.75, 3.05) is 6.61 Å². The minimum atomic E-state index is -0.729. The van der Waals surface area contributed by atoms with Crippen molar-refractivity contribution in [3.63, 3.8) is 0 Å². The van der Waals surface area contributed by atoms with Crippen LogP contribution in [0, 0.1) is 5.92 Å². The predicted molar refractivity (Wildman–Crippen MR) is 71.3 cm³/mol. The van der Waals surface area contributed by atoms with Crippen LogP contribution in [0.3, 0.4) is 0 Å². The van der Waals surface area contributed by atoms with Crippen molar-refractivity contribution in [1.29, 1.82) is 0 Å². The Morgan fingerprint density at radius 3 is 2.61 bits per heavy atom. The van der Waals surface area contributed by atoms with E-state index >= 15 is 0 Å². The second-order valence-corrected chi connectivity index (χ2v) is 6.09. The molecule has 3 rings (SSSR count). The van der Waals surface area contributed by atoms with Crippen LogP contribution in [-0.4, -0.2) is 17.3 Å². The lowest BCUT2D eigenvalue weighted by molar-refractivity contribution is -0.174. The Morgan fingerprint density at radius 2 is 2.00 bits per heavy atom. The first-order chi connectivity index (χ1) is 8.62. The molecule has 98 valence electrons. The van der Waals surface area contributed by atoms with Gasteiger partial charge in [-0.15, -0.1) is 0 Å². The molecule has 0 amide bonds. The molecule has 1 N–H and O–H groups in total. The Labute approximate surface area is 109 Å².